The maximum Gasteiger partial charge on any atom is 0.305 e. The molecule has 4 nitrogen and oxygen atoms in total. The van der Waals surface area contributed by atoms with Crippen molar-refractivity contribution >= 4 is 5.97 Å². The molecule has 0 aliphatic heterocycles. The molecule has 0 N–H and O–H groups in total. The molecule has 144 valence electrons. The fourth-order valence-corrected chi connectivity index (χ4v) is 2.43. The highest BCUT2D eigenvalue weighted by Crippen LogP contribution is 2.10. The van der Waals surface area contributed by atoms with Crippen LogP contribution in [0.15, 0.2) is 0 Å². The van der Waals surface area contributed by atoms with Gasteiger partial charge in [0.15, 0.2) is 0 Å². The van der Waals surface area contributed by atoms with Crippen LogP contribution in [-0.2, 0) is 19.0 Å². The third-order valence-corrected chi connectivity index (χ3v) is 3.99. The molecule has 0 saturated heterocycles. The molecule has 0 radical (unpaired) electrons. The van der Waals surface area contributed by atoms with Gasteiger partial charge in [0.25, 0.3) is 0 Å². The summed E-state index contributed by atoms with van der Waals surface area (Å²) in [4.78, 5) is 11.6. The van der Waals surface area contributed by atoms with Gasteiger partial charge in [0.2, 0.25) is 0 Å². The van der Waals surface area contributed by atoms with Gasteiger partial charge in [-0.25, -0.2) is 0 Å². The summed E-state index contributed by atoms with van der Waals surface area (Å²) in [7, 11) is 0. The Balaban J connectivity index is 3.13. The van der Waals surface area contributed by atoms with Crippen molar-refractivity contribution in [3.8, 4) is 0 Å². The van der Waals surface area contributed by atoms with Crippen molar-refractivity contribution in [1.29, 1.82) is 0 Å². The highest BCUT2D eigenvalue weighted by molar-refractivity contribution is 5.69. The molecule has 0 amide bonds. The van der Waals surface area contributed by atoms with Crippen molar-refractivity contribution in [2.75, 3.05) is 33.0 Å². The highest BCUT2D eigenvalue weighted by atomic mass is 16.6. The standard InChI is InChI=1S/C20H40O4/c1-3-5-7-8-9-10-11-12-13-14-20(21)24-19-18-23-17-16-22-15-6-4-2/h3-19H2,1-2H3. The van der Waals surface area contributed by atoms with E-state index in [9.17, 15) is 4.79 Å². The number of carbonyl (C=O) groups excluding carboxylic acids is 1. The lowest BCUT2D eigenvalue weighted by molar-refractivity contribution is -0.145. The van der Waals surface area contributed by atoms with Crippen molar-refractivity contribution in [1.82, 2.24) is 0 Å². The van der Waals surface area contributed by atoms with Crippen LogP contribution in [0.25, 0.3) is 0 Å². The summed E-state index contributed by atoms with van der Waals surface area (Å²) in [5.74, 6) is -0.0965. The van der Waals surface area contributed by atoms with E-state index in [-0.39, 0.29) is 5.97 Å². The van der Waals surface area contributed by atoms with Gasteiger partial charge >= 0.3 is 5.97 Å². The van der Waals surface area contributed by atoms with Crippen LogP contribution in [0.4, 0.5) is 0 Å². The van der Waals surface area contributed by atoms with Crippen molar-refractivity contribution in [3.63, 3.8) is 0 Å². The lowest BCUT2D eigenvalue weighted by atomic mass is 10.1. The molecule has 24 heavy (non-hydrogen) atoms. The number of ether oxygens (including phenoxy) is 3. The summed E-state index contributed by atoms with van der Waals surface area (Å²) in [6, 6.07) is 0. The predicted octanol–water partition coefficient (Wildman–Crippen LogP) is 5.28. The van der Waals surface area contributed by atoms with Crippen molar-refractivity contribution < 1.29 is 19.0 Å². The molecule has 0 heterocycles. The second kappa shape index (κ2) is 20.4. The zero-order valence-corrected chi connectivity index (χ0v) is 16.2. The molecule has 0 bridgehead atoms. The van der Waals surface area contributed by atoms with Gasteiger partial charge in [0, 0.05) is 13.0 Å². The van der Waals surface area contributed by atoms with Gasteiger partial charge in [0.1, 0.15) is 6.61 Å². The van der Waals surface area contributed by atoms with Gasteiger partial charge < -0.3 is 14.2 Å². The van der Waals surface area contributed by atoms with Crippen LogP contribution in [0, 0.1) is 0 Å². The number of unbranched alkanes of at least 4 members (excludes halogenated alkanes) is 9. The molecule has 0 saturated carbocycles. The second-order valence-corrected chi connectivity index (χ2v) is 6.38. The molecule has 0 aromatic heterocycles. The lowest BCUT2D eigenvalue weighted by Crippen LogP contribution is -2.13. The minimum absolute atomic E-state index is 0.0965. The Bertz CT molecular complexity index is 232. The first-order chi connectivity index (χ1) is 11.8. The summed E-state index contributed by atoms with van der Waals surface area (Å²) in [5, 5.41) is 0. The van der Waals surface area contributed by atoms with E-state index in [2.05, 4.69) is 13.8 Å². The molecule has 0 aromatic carbocycles. The first-order valence-electron chi connectivity index (χ1n) is 10.1. The van der Waals surface area contributed by atoms with Crippen LogP contribution in [-0.4, -0.2) is 39.0 Å². The first kappa shape index (κ1) is 23.4. The molecule has 0 aliphatic carbocycles. The van der Waals surface area contributed by atoms with E-state index in [0.29, 0.717) is 32.8 Å². The molecule has 0 rings (SSSR count). The topological polar surface area (TPSA) is 44.8 Å². The molecule has 0 aromatic rings. The van der Waals surface area contributed by atoms with Crippen molar-refractivity contribution in [2.45, 2.75) is 90.9 Å². The highest BCUT2D eigenvalue weighted by Gasteiger charge is 2.02. The van der Waals surface area contributed by atoms with Gasteiger partial charge in [-0.05, 0) is 12.8 Å². The van der Waals surface area contributed by atoms with Gasteiger partial charge in [0.05, 0.1) is 19.8 Å². The van der Waals surface area contributed by atoms with E-state index < -0.39 is 0 Å². The number of carbonyl (C=O) groups is 1. The van der Waals surface area contributed by atoms with Gasteiger partial charge in [-0.15, -0.1) is 0 Å². The Hall–Kier alpha value is -0.610. The molecule has 0 unspecified atom stereocenters. The van der Waals surface area contributed by atoms with Gasteiger partial charge in [-0.3, -0.25) is 4.79 Å². The maximum atomic E-state index is 11.6. The van der Waals surface area contributed by atoms with E-state index in [1.165, 1.54) is 44.9 Å². The van der Waals surface area contributed by atoms with Crippen LogP contribution in [0.2, 0.25) is 0 Å². The zero-order valence-electron chi connectivity index (χ0n) is 16.2. The summed E-state index contributed by atoms with van der Waals surface area (Å²) < 4.78 is 15.9. The van der Waals surface area contributed by atoms with E-state index in [4.69, 9.17) is 14.2 Å². The van der Waals surface area contributed by atoms with Crippen LogP contribution in [0.1, 0.15) is 90.9 Å². The Kier molecular flexibility index (Phi) is 19.9. The average molecular weight is 345 g/mol. The number of hydrogen-bond donors (Lipinski definition) is 0. The lowest BCUT2D eigenvalue weighted by Gasteiger charge is -2.07. The Morgan fingerprint density at radius 2 is 1.08 bits per heavy atom. The van der Waals surface area contributed by atoms with Gasteiger partial charge in [-0.1, -0.05) is 71.6 Å². The van der Waals surface area contributed by atoms with Crippen molar-refractivity contribution in [3.05, 3.63) is 0 Å². The summed E-state index contributed by atoms with van der Waals surface area (Å²) in [6.07, 6.45) is 14.1. The molecule has 4 heteroatoms. The maximum absolute atomic E-state index is 11.6. The van der Waals surface area contributed by atoms with Crippen LogP contribution < -0.4 is 0 Å². The van der Waals surface area contributed by atoms with Crippen LogP contribution >= 0.6 is 0 Å². The average Bonchev–Trinajstić information content (AvgIpc) is 2.59. The van der Waals surface area contributed by atoms with E-state index >= 15 is 0 Å². The molecule has 0 fully saturated rings. The minimum atomic E-state index is -0.0965. The molecule has 0 atom stereocenters. The third-order valence-electron chi connectivity index (χ3n) is 3.99. The fourth-order valence-electron chi connectivity index (χ4n) is 2.43. The monoisotopic (exact) mass is 344 g/mol. The molecule has 0 spiro atoms. The molecular formula is C20H40O4. The van der Waals surface area contributed by atoms with Crippen molar-refractivity contribution in [2.24, 2.45) is 0 Å². The molecule has 0 aliphatic rings. The van der Waals surface area contributed by atoms with E-state index in [1.807, 2.05) is 0 Å². The zero-order chi connectivity index (χ0) is 17.7. The van der Waals surface area contributed by atoms with E-state index in [1.54, 1.807) is 0 Å². The SMILES string of the molecule is CCCCCCCCCCCC(=O)OCCOCCOCCCC. The van der Waals surface area contributed by atoms with Crippen LogP contribution in [0.5, 0.6) is 0 Å². The second-order valence-electron chi connectivity index (χ2n) is 6.38. The fraction of sp³-hybridized carbons (Fsp3) is 0.950. The van der Waals surface area contributed by atoms with E-state index in [0.717, 1.165) is 32.3 Å². The predicted molar refractivity (Wildman–Crippen MR) is 99.3 cm³/mol. The minimum Gasteiger partial charge on any atom is -0.463 e. The summed E-state index contributed by atoms with van der Waals surface area (Å²) >= 11 is 0. The number of esters is 1. The Morgan fingerprint density at radius 3 is 1.71 bits per heavy atom. The Morgan fingerprint density at radius 1 is 0.583 bits per heavy atom. The normalized spacial score (nSPS) is 10.9. The largest absolute Gasteiger partial charge is 0.463 e. The van der Waals surface area contributed by atoms with Crippen LogP contribution in [0.3, 0.4) is 0 Å². The summed E-state index contributed by atoms with van der Waals surface area (Å²) in [5.41, 5.74) is 0. The first-order valence-corrected chi connectivity index (χ1v) is 10.1. The third kappa shape index (κ3) is 19.4. The Labute approximate surface area is 149 Å². The quantitative estimate of drug-likeness (QED) is 0.236. The number of hydrogen-bond acceptors (Lipinski definition) is 4. The smallest absolute Gasteiger partial charge is 0.305 e. The number of rotatable bonds is 19. The molecular weight excluding hydrogens is 304 g/mol. The summed E-state index contributed by atoms with van der Waals surface area (Å²) in [6.45, 7) is 7.18. The van der Waals surface area contributed by atoms with Gasteiger partial charge in [-0.2, -0.15) is 0 Å².